The molecule has 0 aromatic rings. The molecule has 6 atom stereocenters. The van der Waals surface area contributed by atoms with Crippen LogP contribution in [0.4, 0.5) is 0 Å². The molecule has 2 heterocycles. The fourth-order valence-corrected chi connectivity index (χ4v) is 2.35. The van der Waals surface area contributed by atoms with Crippen molar-refractivity contribution < 1.29 is 33.9 Å². The van der Waals surface area contributed by atoms with Gasteiger partial charge in [0, 0.05) is 20.3 Å². The fourth-order valence-electron chi connectivity index (χ4n) is 2.35. The second kappa shape index (κ2) is 6.94. The molecule has 0 spiro atoms. The standard InChI is InChI=1S/C12H22O7/c1-7-17-6-8-10(18-7)11(16-5-3-4-13)9(14)12(15-2)19-8/h7-14H,3-6H2,1-2H3/t7-,8-,9+,10-,11+,12+/m1/s1. The first-order chi connectivity index (χ1) is 9.17. The van der Waals surface area contributed by atoms with E-state index < -0.39 is 24.6 Å². The molecule has 0 aliphatic carbocycles. The molecule has 112 valence electrons. The molecular weight excluding hydrogens is 256 g/mol. The smallest absolute Gasteiger partial charge is 0.186 e. The Balaban J connectivity index is 2.03. The normalized spacial score (nSPS) is 42.9. The van der Waals surface area contributed by atoms with Crippen molar-refractivity contribution in [2.75, 3.05) is 26.9 Å². The fraction of sp³-hybridized carbons (Fsp3) is 1.00. The van der Waals surface area contributed by atoms with Crippen LogP contribution in [0, 0.1) is 0 Å². The summed E-state index contributed by atoms with van der Waals surface area (Å²) >= 11 is 0. The lowest BCUT2D eigenvalue weighted by Crippen LogP contribution is -2.63. The van der Waals surface area contributed by atoms with E-state index in [0.29, 0.717) is 19.6 Å². The third-order valence-electron chi connectivity index (χ3n) is 3.30. The molecule has 2 aliphatic rings. The summed E-state index contributed by atoms with van der Waals surface area (Å²) < 4.78 is 27.3. The number of fused-ring (bicyclic) bond motifs is 1. The van der Waals surface area contributed by atoms with Crippen molar-refractivity contribution in [1.82, 2.24) is 0 Å². The van der Waals surface area contributed by atoms with E-state index >= 15 is 0 Å². The highest BCUT2D eigenvalue weighted by Gasteiger charge is 2.49. The predicted octanol–water partition coefficient (Wildman–Crippen LogP) is -0.752. The number of methoxy groups -OCH3 is 1. The van der Waals surface area contributed by atoms with Gasteiger partial charge in [-0.1, -0.05) is 0 Å². The van der Waals surface area contributed by atoms with Gasteiger partial charge in [0.2, 0.25) is 0 Å². The molecular formula is C12H22O7. The lowest BCUT2D eigenvalue weighted by atomic mass is 9.98. The van der Waals surface area contributed by atoms with Gasteiger partial charge in [-0.05, 0) is 13.3 Å². The second-order valence-electron chi connectivity index (χ2n) is 4.68. The minimum absolute atomic E-state index is 0.0431. The molecule has 7 nitrogen and oxygen atoms in total. The van der Waals surface area contributed by atoms with Crippen LogP contribution in [0.1, 0.15) is 13.3 Å². The summed E-state index contributed by atoms with van der Waals surface area (Å²) in [5, 5.41) is 19.0. The summed E-state index contributed by atoms with van der Waals surface area (Å²) in [7, 11) is 1.46. The van der Waals surface area contributed by atoms with Gasteiger partial charge >= 0.3 is 0 Å². The Bertz CT molecular complexity index is 275. The quantitative estimate of drug-likeness (QED) is 0.640. The van der Waals surface area contributed by atoms with Gasteiger partial charge in [0.15, 0.2) is 12.6 Å². The molecule has 0 saturated carbocycles. The molecule has 0 aromatic heterocycles. The van der Waals surface area contributed by atoms with E-state index in [-0.39, 0.29) is 19.0 Å². The monoisotopic (exact) mass is 278 g/mol. The molecule has 2 saturated heterocycles. The Hall–Kier alpha value is -0.280. The first-order valence-electron chi connectivity index (χ1n) is 6.53. The number of hydrogen-bond acceptors (Lipinski definition) is 7. The highest BCUT2D eigenvalue weighted by molar-refractivity contribution is 4.93. The Kier molecular flexibility index (Phi) is 5.52. The van der Waals surface area contributed by atoms with Crippen molar-refractivity contribution in [3.63, 3.8) is 0 Å². The first kappa shape index (κ1) is 15.1. The zero-order chi connectivity index (χ0) is 13.8. The lowest BCUT2D eigenvalue weighted by molar-refractivity contribution is -0.357. The number of rotatable bonds is 5. The molecule has 2 aliphatic heterocycles. The summed E-state index contributed by atoms with van der Waals surface area (Å²) in [4.78, 5) is 0. The summed E-state index contributed by atoms with van der Waals surface area (Å²) in [5.74, 6) is 0. The van der Waals surface area contributed by atoms with Crippen LogP contribution in [0.25, 0.3) is 0 Å². The maximum absolute atomic E-state index is 10.2. The van der Waals surface area contributed by atoms with Gasteiger partial charge in [0.1, 0.15) is 24.4 Å². The number of hydrogen-bond donors (Lipinski definition) is 2. The second-order valence-corrected chi connectivity index (χ2v) is 4.68. The zero-order valence-corrected chi connectivity index (χ0v) is 11.2. The van der Waals surface area contributed by atoms with Gasteiger partial charge in [0.05, 0.1) is 6.61 Å². The predicted molar refractivity (Wildman–Crippen MR) is 63.4 cm³/mol. The zero-order valence-electron chi connectivity index (χ0n) is 11.2. The lowest BCUT2D eigenvalue weighted by Gasteiger charge is -2.46. The molecule has 19 heavy (non-hydrogen) atoms. The maximum Gasteiger partial charge on any atom is 0.186 e. The van der Waals surface area contributed by atoms with Gasteiger partial charge in [-0.2, -0.15) is 0 Å². The molecule has 2 fully saturated rings. The highest BCUT2D eigenvalue weighted by Crippen LogP contribution is 2.30. The van der Waals surface area contributed by atoms with Crippen molar-refractivity contribution in [1.29, 1.82) is 0 Å². The van der Waals surface area contributed by atoms with Crippen LogP contribution in [-0.4, -0.2) is 74.1 Å². The van der Waals surface area contributed by atoms with Crippen LogP contribution >= 0.6 is 0 Å². The van der Waals surface area contributed by atoms with E-state index in [9.17, 15) is 5.11 Å². The highest BCUT2D eigenvalue weighted by atomic mass is 16.8. The molecule has 0 bridgehead atoms. The minimum atomic E-state index is -0.935. The molecule has 0 unspecified atom stereocenters. The van der Waals surface area contributed by atoms with Gasteiger partial charge in [-0.15, -0.1) is 0 Å². The van der Waals surface area contributed by atoms with E-state index in [0.717, 1.165) is 0 Å². The van der Waals surface area contributed by atoms with Crippen molar-refractivity contribution in [3.05, 3.63) is 0 Å². The summed E-state index contributed by atoms with van der Waals surface area (Å²) in [6.45, 7) is 2.55. The molecule has 7 heteroatoms. The van der Waals surface area contributed by atoms with E-state index in [1.165, 1.54) is 7.11 Å². The summed E-state index contributed by atoms with van der Waals surface area (Å²) in [5.41, 5.74) is 0. The van der Waals surface area contributed by atoms with E-state index in [1.54, 1.807) is 6.92 Å². The van der Waals surface area contributed by atoms with Crippen LogP contribution in [0.2, 0.25) is 0 Å². The molecule has 2 N–H and O–H groups in total. The molecule has 2 rings (SSSR count). The van der Waals surface area contributed by atoms with Crippen molar-refractivity contribution >= 4 is 0 Å². The third kappa shape index (κ3) is 3.43. The maximum atomic E-state index is 10.2. The van der Waals surface area contributed by atoms with Gasteiger partial charge in [0.25, 0.3) is 0 Å². The first-order valence-corrected chi connectivity index (χ1v) is 6.53. The van der Waals surface area contributed by atoms with Crippen molar-refractivity contribution in [2.24, 2.45) is 0 Å². The van der Waals surface area contributed by atoms with Gasteiger partial charge < -0.3 is 33.9 Å². The average molecular weight is 278 g/mol. The molecule has 0 radical (unpaired) electrons. The molecule has 0 aromatic carbocycles. The average Bonchev–Trinajstić information content (AvgIpc) is 2.41. The van der Waals surface area contributed by atoms with Crippen LogP contribution in [0.3, 0.4) is 0 Å². The molecule has 0 amide bonds. The van der Waals surface area contributed by atoms with E-state index in [4.69, 9.17) is 28.8 Å². The Morgan fingerprint density at radius 1 is 1.32 bits per heavy atom. The van der Waals surface area contributed by atoms with E-state index in [1.807, 2.05) is 0 Å². The topological polar surface area (TPSA) is 86.6 Å². The number of aliphatic hydroxyl groups excluding tert-OH is 2. The largest absolute Gasteiger partial charge is 0.396 e. The summed E-state index contributed by atoms with van der Waals surface area (Å²) in [6, 6.07) is 0. The van der Waals surface area contributed by atoms with Crippen LogP contribution in [0.5, 0.6) is 0 Å². The van der Waals surface area contributed by atoms with Crippen LogP contribution < -0.4 is 0 Å². The van der Waals surface area contributed by atoms with E-state index in [2.05, 4.69) is 0 Å². The van der Waals surface area contributed by atoms with Crippen molar-refractivity contribution in [2.45, 2.75) is 50.3 Å². The van der Waals surface area contributed by atoms with Gasteiger partial charge in [-0.25, -0.2) is 0 Å². The van der Waals surface area contributed by atoms with Crippen molar-refractivity contribution in [3.8, 4) is 0 Å². The third-order valence-corrected chi connectivity index (χ3v) is 3.30. The van der Waals surface area contributed by atoms with Gasteiger partial charge in [-0.3, -0.25) is 0 Å². The number of ether oxygens (including phenoxy) is 5. The number of aliphatic hydroxyl groups is 2. The van der Waals surface area contributed by atoms with Crippen LogP contribution in [-0.2, 0) is 23.7 Å². The Morgan fingerprint density at radius 3 is 2.79 bits per heavy atom. The summed E-state index contributed by atoms with van der Waals surface area (Å²) in [6.07, 6.45) is -2.84. The Labute approximate surface area is 112 Å². The SMILES string of the molecule is CO[C@H]1O[C@@H]2CO[C@@H](C)O[C@H]2[C@@H](OCCCO)[C@@H]1O. The minimum Gasteiger partial charge on any atom is -0.396 e. The van der Waals surface area contributed by atoms with Crippen LogP contribution in [0.15, 0.2) is 0 Å². The Morgan fingerprint density at radius 2 is 2.11 bits per heavy atom.